The predicted octanol–water partition coefficient (Wildman–Crippen LogP) is 4.09. The number of hydrogen-bond acceptors (Lipinski definition) is 2. The number of rotatable bonds is 5. The second-order valence-corrected chi connectivity index (χ2v) is 5.39. The molecule has 0 aliphatic carbocycles. The third-order valence-corrected chi connectivity index (χ3v) is 3.55. The zero-order valence-corrected chi connectivity index (χ0v) is 12.3. The molecule has 0 aromatic heterocycles. The van der Waals surface area contributed by atoms with Gasteiger partial charge in [-0.25, -0.2) is 0 Å². The second-order valence-electron chi connectivity index (χ2n) is 5.39. The first kappa shape index (κ1) is 14.6. The molecule has 0 spiro atoms. The summed E-state index contributed by atoms with van der Waals surface area (Å²) < 4.78 is 5.19. The minimum atomic E-state index is -0.505. The molecular formula is C18H22O2. The van der Waals surface area contributed by atoms with Gasteiger partial charge in [-0.3, -0.25) is 0 Å². The summed E-state index contributed by atoms with van der Waals surface area (Å²) in [6.45, 7) is 4.36. The Morgan fingerprint density at radius 2 is 1.70 bits per heavy atom. The molecule has 20 heavy (non-hydrogen) atoms. The molecule has 106 valence electrons. The molecule has 1 unspecified atom stereocenters. The summed E-state index contributed by atoms with van der Waals surface area (Å²) in [6, 6.07) is 16.1. The molecule has 0 heterocycles. The monoisotopic (exact) mass is 270 g/mol. The highest BCUT2D eigenvalue weighted by Crippen LogP contribution is 2.23. The van der Waals surface area contributed by atoms with Crippen LogP contribution in [0.3, 0.4) is 0 Å². The Morgan fingerprint density at radius 1 is 1.00 bits per heavy atom. The maximum atomic E-state index is 10.3. The van der Waals surface area contributed by atoms with Gasteiger partial charge in [-0.1, -0.05) is 50.2 Å². The van der Waals surface area contributed by atoms with Crippen LogP contribution in [0.5, 0.6) is 5.75 Å². The maximum absolute atomic E-state index is 10.3. The standard InChI is InChI=1S/C18H22O2/c1-13(2)15-9-7-14(8-10-15)11-18(19)16-5-4-6-17(12-16)20-3/h4-10,12-13,18-19H,11H2,1-3H3. The summed E-state index contributed by atoms with van der Waals surface area (Å²) in [4.78, 5) is 0. The Bertz CT molecular complexity index is 544. The minimum absolute atomic E-state index is 0.505. The number of methoxy groups -OCH3 is 1. The number of ether oxygens (including phenoxy) is 1. The minimum Gasteiger partial charge on any atom is -0.497 e. The highest BCUT2D eigenvalue weighted by Gasteiger charge is 2.10. The Hall–Kier alpha value is -1.80. The van der Waals surface area contributed by atoms with Gasteiger partial charge >= 0.3 is 0 Å². The van der Waals surface area contributed by atoms with Gasteiger partial charge in [0, 0.05) is 6.42 Å². The fourth-order valence-corrected chi connectivity index (χ4v) is 2.23. The third kappa shape index (κ3) is 3.61. The van der Waals surface area contributed by atoms with E-state index in [0.29, 0.717) is 12.3 Å². The van der Waals surface area contributed by atoms with Crippen molar-refractivity contribution in [1.82, 2.24) is 0 Å². The fraction of sp³-hybridized carbons (Fsp3) is 0.333. The Kier molecular flexibility index (Phi) is 4.80. The topological polar surface area (TPSA) is 29.5 Å². The van der Waals surface area contributed by atoms with Gasteiger partial charge in [0.25, 0.3) is 0 Å². The molecule has 0 saturated heterocycles. The van der Waals surface area contributed by atoms with Gasteiger partial charge in [-0.2, -0.15) is 0 Å². The van der Waals surface area contributed by atoms with E-state index in [4.69, 9.17) is 4.74 Å². The smallest absolute Gasteiger partial charge is 0.119 e. The van der Waals surface area contributed by atoms with Crippen molar-refractivity contribution in [3.8, 4) is 5.75 Å². The van der Waals surface area contributed by atoms with E-state index in [0.717, 1.165) is 16.9 Å². The van der Waals surface area contributed by atoms with E-state index in [2.05, 4.69) is 38.1 Å². The third-order valence-electron chi connectivity index (χ3n) is 3.55. The van der Waals surface area contributed by atoms with Gasteiger partial charge in [0.2, 0.25) is 0 Å². The molecule has 2 aromatic rings. The summed E-state index contributed by atoms with van der Waals surface area (Å²) in [5.41, 5.74) is 3.35. The van der Waals surface area contributed by atoms with Crippen molar-refractivity contribution in [1.29, 1.82) is 0 Å². The number of aliphatic hydroxyl groups excluding tert-OH is 1. The number of benzene rings is 2. The van der Waals surface area contributed by atoms with Crippen molar-refractivity contribution in [2.75, 3.05) is 7.11 Å². The second kappa shape index (κ2) is 6.58. The zero-order chi connectivity index (χ0) is 14.5. The molecule has 0 bridgehead atoms. The first-order valence-electron chi connectivity index (χ1n) is 7.01. The summed E-state index contributed by atoms with van der Waals surface area (Å²) >= 11 is 0. The quantitative estimate of drug-likeness (QED) is 0.886. The van der Waals surface area contributed by atoms with Gasteiger partial charge in [0.1, 0.15) is 5.75 Å². The predicted molar refractivity (Wildman–Crippen MR) is 82.2 cm³/mol. The van der Waals surface area contributed by atoms with E-state index < -0.39 is 6.10 Å². The molecule has 1 N–H and O–H groups in total. The van der Waals surface area contributed by atoms with Crippen molar-refractivity contribution in [2.24, 2.45) is 0 Å². The van der Waals surface area contributed by atoms with Gasteiger partial charge in [-0.05, 0) is 34.7 Å². The van der Waals surface area contributed by atoms with E-state index in [1.807, 2.05) is 24.3 Å². The van der Waals surface area contributed by atoms with Crippen LogP contribution in [0.2, 0.25) is 0 Å². The SMILES string of the molecule is COc1cccc(C(O)Cc2ccc(C(C)C)cc2)c1. The van der Waals surface area contributed by atoms with Gasteiger partial charge in [0.15, 0.2) is 0 Å². The van der Waals surface area contributed by atoms with Crippen LogP contribution in [0.4, 0.5) is 0 Å². The van der Waals surface area contributed by atoms with Gasteiger partial charge in [0.05, 0.1) is 13.2 Å². The van der Waals surface area contributed by atoms with E-state index >= 15 is 0 Å². The van der Waals surface area contributed by atoms with Crippen molar-refractivity contribution in [3.05, 3.63) is 65.2 Å². The van der Waals surface area contributed by atoms with Crippen LogP contribution in [-0.2, 0) is 6.42 Å². The van der Waals surface area contributed by atoms with Crippen LogP contribution in [-0.4, -0.2) is 12.2 Å². The molecule has 2 rings (SSSR count). The average Bonchev–Trinajstić information content (AvgIpc) is 2.47. The van der Waals surface area contributed by atoms with Crippen molar-refractivity contribution < 1.29 is 9.84 Å². The first-order valence-corrected chi connectivity index (χ1v) is 7.01. The summed E-state index contributed by atoms with van der Waals surface area (Å²) in [7, 11) is 1.64. The highest BCUT2D eigenvalue weighted by molar-refractivity contribution is 5.31. The number of aliphatic hydroxyl groups is 1. The summed E-state index contributed by atoms with van der Waals surface area (Å²) in [5.74, 6) is 1.31. The van der Waals surface area contributed by atoms with Gasteiger partial charge < -0.3 is 9.84 Å². The fourth-order valence-electron chi connectivity index (χ4n) is 2.23. The lowest BCUT2D eigenvalue weighted by Crippen LogP contribution is -2.02. The molecule has 2 aromatic carbocycles. The molecule has 0 radical (unpaired) electrons. The van der Waals surface area contributed by atoms with Crippen LogP contribution in [0.1, 0.15) is 42.6 Å². The van der Waals surface area contributed by atoms with Gasteiger partial charge in [-0.15, -0.1) is 0 Å². The lowest BCUT2D eigenvalue weighted by atomic mass is 9.97. The number of hydrogen-bond donors (Lipinski definition) is 1. The maximum Gasteiger partial charge on any atom is 0.119 e. The molecule has 0 saturated carbocycles. The van der Waals surface area contributed by atoms with E-state index in [-0.39, 0.29) is 0 Å². The van der Waals surface area contributed by atoms with Crippen LogP contribution in [0, 0.1) is 0 Å². The van der Waals surface area contributed by atoms with Crippen LogP contribution in [0.25, 0.3) is 0 Å². The highest BCUT2D eigenvalue weighted by atomic mass is 16.5. The summed E-state index contributed by atoms with van der Waals surface area (Å²) in [5, 5.41) is 10.3. The molecule has 0 fully saturated rings. The molecule has 0 aliphatic rings. The summed E-state index contributed by atoms with van der Waals surface area (Å²) in [6.07, 6.45) is 0.112. The lowest BCUT2D eigenvalue weighted by Gasteiger charge is -2.13. The van der Waals surface area contributed by atoms with E-state index in [1.165, 1.54) is 5.56 Å². The lowest BCUT2D eigenvalue weighted by molar-refractivity contribution is 0.178. The molecule has 0 aliphatic heterocycles. The normalized spacial score (nSPS) is 12.4. The van der Waals surface area contributed by atoms with Crippen molar-refractivity contribution in [2.45, 2.75) is 32.3 Å². The molecule has 1 atom stereocenters. The molecule has 2 heteroatoms. The Labute approximate surface area is 121 Å². The molecular weight excluding hydrogens is 248 g/mol. The van der Waals surface area contributed by atoms with E-state index in [1.54, 1.807) is 7.11 Å². The first-order chi connectivity index (χ1) is 9.60. The van der Waals surface area contributed by atoms with Crippen LogP contribution in [0.15, 0.2) is 48.5 Å². The Morgan fingerprint density at radius 3 is 2.30 bits per heavy atom. The average molecular weight is 270 g/mol. The van der Waals surface area contributed by atoms with Crippen molar-refractivity contribution >= 4 is 0 Å². The molecule has 2 nitrogen and oxygen atoms in total. The zero-order valence-electron chi connectivity index (χ0n) is 12.3. The largest absolute Gasteiger partial charge is 0.497 e. The van der Waals surface area contributed by atoms with Crippen LogP contribution >= 0.6 is 0 Å². The van der Waals surface area contributed by atoms with Crippen LogP contribution < -0.4 is 4.74 Å². The van der Waals surface area contributed by atoms with Crippen molar-refractivity contribution in [3.63, 3.8) is 0 Å². The molecule has 0 amide bonds. The Balaban J connectivity index is 2.08. The van der Waals surface area contributed by atoms with E-state index in [9.17, 15) is 5.11 Å².